The summed E-state index contributed by atoms with van der Waals surface area (Å²) in [6.07, 6.45) is 1.90. The van der Waals surface area contributed by atoms with E-state index in [2.05, 4.69) is 70.3 Å². The van der Waals surface area contributed by atoms with Crippen molar-refractivity contribution < 1.29 is 4.74 Å². The maximum atomic E-state index is 5.50. The molecule has 0 radical (unpaired) electrons. The number of pyridine rings is 1. The van der Waals surface area contributed by atoms with Crippen LogP contribution >= 0.6 is 0 Å². The number of nitrogens with one attached hydrogen (secondary N) is 2. The largest absolute Gasteiger partial charge is 0.379 e. The molecule has 3 heterocycles. The van der Waals surface area contributed by atoms with Gasteiger partial charge in [-0.2, -0.15) is 0 Å². The van der Waals surface area contributed by atoms with E-state index >= 15 is 0 Å². The molecule has 2 saturated heterocycles. The lowest BCUT2D eigenvalue weighted by atomic mass is 10.0. The predicted molar refractivity (Wildman–Crippen MR) is 123 cm³/mol. The lowest BCUT2D eigenvalue weighted by Crippen LogP contribution is -2.56. The number of rotatable bonds is 7. The molecule has 0 aromatic carbocycles. The summed E-state index contributed by atoms with van der Waals surface area (Å²) >= 11 is 0. The van der Waals surface area contributed by atoms with Crippen LogP contribution < -0.4 is 15.5 Å². The van der Waals surface area contributed by atoms with Crippen molar-refractivity contribution >= 4 is 11.8 Å². The number of hydrogen-bond donors (Lipinski definition) is 2. The first-order valence-corrected chi connectivity index (χ1v) is 11.2. The van der Waals surface area contributed by atoms with E-state index in [-0.39, 0.29) is 5.54 Å². The molecule has 0 atom stereocenters. The van der Waals surface area contributed by atoms with E-state index in [1.165, 1.54) is 5.56 Å². The molecule has 1 aromatic rings. The Morgan fingerprint density at radius 2 is 1.87 bits per heavy atom. The smallest absolute Gasteiger partial charge is 0.191 e. The molecule has 168 valence electrons. The zero-order chi connectivity index (χ0) is 21.4. The molecule has 0 aliphatic carbocycles. The van der Waals surface area contributed by atoms with E-state index in [4.69, 9.17) is 9.73 Å². The maximum absolute atomic E-state index is 5.50. The number of aliphatic imine (C=N–C) groups is 1. The Bertz CT molecular complexity index is 680. The summed E-state index contributed by atoms with van der Waals surface area (Å²) in [6.45, 7) is 16.8. The Balaban J connectivity index is 1.58. The fraction of sp³-hybridized carbons (Fsp3) is 0.727. The van der Waals surface area contributed by atoms with Crippen molar-refractivity contribution in [2.45, 2.75) is 32.9 Å². The topological polar surface area (TPSA) is 68.3 Å². The molecule has 0 amide bonds. The van der Waals surface area contributed by atoms with Crippen LogP contribution in [0.15, 0.2) is 23.3 Å². The third-order valence-electron chi connectivity index (χ3n) is 5.96. The molecule has 30 heavy (non-hydrogen) atoms. The van der Waals surface area contributed by atoms with Crippen molar-refractivity contribution in [1.29, 1.82) is 0 Å². The molecule has 2 aliphatic heterocycles. The van der Waals surface area contributed by atoms with Gasteiger partial charge in [-0.15, -0.1) is 0 Å². The normalized spacial score (nSPS) is 19.7. The van der Waals surface area contributed by atoms with Crippen LogP contribution in [-0.4, -0.2) is 98.9 Å². The number of nitrogens with zero attached hydrogens (tertiary/aromatic N) is 5. The lowest BCUT2D eigenvalue weighted by Gasteiger charge is -2.41. The van der Waals surface area contributed by atoms with Crippen LogP contribution in [-0.2, 0) is 11.3 Å². The van der Waals surface area contributed by atoms with Crippen LogP contribution in [0.4, 0.5) is 5.82 Å². The summed E-state index contributed by atoms with van der Waals surface area (Å²) in [6, 6.07) is 4.24. The zero-order valence-corrected chi connectivity index (χ0v) is 19.2. The van der Waals surface area contributed by atoms with E-state index in [0.717, 1.165) is 77.3 Å². The zero-order valence-electron chi connectivity index (χ0n) is 19.2. The highest BCUT2D eigenvalue weighted by molar-refractivity contribution is 5.79. The summed E-state index contributed by atoms with van der Waals surface area (Å²) < 4.78 is 5.50. The molecule has 8 nitrogen and oxygen atoms in total. The molecule has 3 rings (SSSR count). The van der Waals surface area contributed by atoms with Crippen LogP contribution in [0.3, 0.4) is 0 Å². The van der Waals surface area contributed by atoms with Crippen LogP contribution in [0.5, 0.6) is 0 Å². The Morgan fingerprint density at radius 3 is 2.57 bits per heavy atom. The van der Waals surface area contributed by atoms with Gasteiger partial charge in [0.15, 0.2) is 5.96 Å². The van der Waals surface area contributed by atoms with Crippen molar-refractivity contribution in [1.82, 2.24) is 25.4 Å². The Morgan fingerprint density at radius 1 is 1.13 bits per heavy atom. The number of hydrogen-bond acceptors (Lipinski definition) is 6. The maximum Gasteiger partial charge on any atom is 0.191 e. The van der Waals surface area contributed by atoms with Gasteiger partial charge < -0.3 is 25.2 Å². The molecule has 1 aromatic heterocycles. The minimum atomic E-state index is 0.0469. The monoisotopic (exact) mass is 417 g/mol. The first-order valence-electron chi connectivity index (χ1n) is 11.2. The molecule has 0 unspecified atom stereocenters. The van der Waals surface area contributed by atoms with Crippen LogP contribution in [0.25, 0.3) is 0 Å². The van der Waals surface area contributed by atoms with Gasteiger partial charge in [-0.25, -0.2) is 9.98 Å². The van der Waals surface area contributed by atoms with E-state index in [9.17, 15) is 0 Å². The quantitative estimate of drug-likeness (QED) is 0.507. The van der Waals surface area contributed by atoms with Gasteiger partial charge in [0.05, 0.1) is 19.8 Å². The Labute approximate surface area is 181 Å². The van der Waals surface area contributed by atoms with Crippen molar-refractivity contribution in [3.8, 4) is 0 Å². The molecule has 0 saturated carbocycles. The number of likely N-dealkylation sites (N-methyl/N-ethyl adjacent to an activating group) is 1. The van der Waals surface area contributed by atoms with Gasteiger partial charge in [-0.05, 0) is 45.5 Å². The highest BCUT2D eigenvalue weighted by Gasteiger charge is 2.28. The van der Waals surface area contributed by atoms with Gasteiger partial charge in [0.2, 0.25) is 0 Å². The third-order valence-corrected chi connectivity index (χ3v) is 5.96. The molecule has 2 fully saturated rings. The fourth-order valence-corrected chi connectivity index (χ4v) is 3.86. The van der Waals surface area contributed by atoms with Crippen molar-refractivity contribution in [3.05, 3.63) is 23.9 Å². The van der Waals surface area contributed by atoms with Gasteiger partial charge in [-0.3, -0.25) is 4.90 Å². The second-order valence-electron chi connectivity index (χ2n) is 8.77. The van der Waals surface area contributed by atoms with Crippen molar-refractivity contribution in [2.75, 3.05) is 77.5 Å². The molecule has 2 N–H and O–H groups in total. The first-order chi connectivity index (χ1) is 14.5. The number of guanidine groups is 1. The van der Waals surface area contributed by atoms with Gasteiger partial charge in [-0.1, -0.05) is 0 Å². The van der Waals surface area contributed by atoms with Gasteiger partial charge in [0.25, 0.3) is 0 Å². The number of piperazine rings is 1. The van der Waals surface area contributed by atoms with Crippen molar-refractivity contribution in [2.24, 2.45) is 4.99 Å². The molecular weight excluding hydrogens is 378 g/mol. The molecular formula is C22H39N7O. The van der Waals surface area contributed by atoms with E-state index < -0.39 is 0 Å². The highest BCUT2D eigenvalue weighted by atomic mass is 16.5. The summed E-state index contributed by atoms with van der Waals surface area (Å²) in [4.78, 5) is 16.6. The van der Waals surface area contributed by atoms with E-state index in [1.54, 1.807) is 0 Å². The van der Waals surface area contributed by atoms with Gasteiger partial charge in [0.1, 0.15) is 5.82 Å². The van der Waals surface area contributed by atoms with E-state index in [0.29, 0.717) is 6.54 Å². The van der Waals surface area contributed by atoms with Crippen molar-refractivity contribution in [3.63, 3.8) is 0 Å². The SMILES string of the molecule is CCNC(=NCc1ccnc(N2CCN(C)CC2)c1)NCC(C)(C)N1CCOCC1. The van der Waals surface area contributed by atoms with Crippen LogP contribution in [0, 0.1) is 0 Å². The summed E-state index contributed by atoms with van der Waals surface area (Å²) in [5, 5.41) is 6.91. The number of anilines is 1. The van der Waals surface area contributed by atoms with E-state index in [1.807, 2.05) is 6.20 Å². The first kappa shape index (κ1) is 22.8. The summed E-state index contributed by atoms with van der Waals surface area (Å²) in [5.41, 5.74) is 1.23. The minimum Gasteiger partial charge on any atom is -0.379 e. The second-order valence-corrected chi connectivity index (χ2v) is 8.77. The molecule has 2 aliphatic rings. The number of morpholine rings is 1. The highest BCUT2D eigenvalue weighted by Crippen LogP contribution is 2.16. The molecule has 8 heteroatoms. The van der Waals surface area contributed by atoms with Crippen LogP contribution in [0.1, 0.15) is 26.3 Å². The number of aromatic nitrogens is 1. The third kappa shape index (κ3) is 6.55. The predicted octanol–water partition coefficient (Wildman–Crippen LogP) is 0.999. The average molecular weight is 418 g/mol. The Kier molecular flexibility index (Phi) is 8.30. The minimum absolute atomic E-state index is 0.0469. The fourth-order valence-electron chi connectivity index (χ4n) is 3.86. The molecule has 0 bridgehead atoms. The summed E-state index contributed by atoms with van der Waals surface area (Å²) in [7, 11) is 2.17. The Hall–Kier alpha value is -1.90. The average Bonchev–Trinajstić information content (AvgIpc) is 2.77. The lowest BCUT2D eigenvalue weighted by molar-refractivity contribution is -0.00834. The second kappa shape index (κ2) is 10.9. The van der Waals surface area contributed by atoms with Gasteiger partial charge in [0, 0.05) is 64.1 Å². The standard InChI is InChI=1S/C22H39N7O/c1-5-23-21(26-18-22(2,3)29-12-14-30-15-13-29)25-17-19-6-7-24-20(16-19)28-10-8-27(4)9-11-28/h6-7,16H,5,8-15,17-18H2,1-4H3,(H2,23,25,26). The summed E-state index contributed by atoms with van der Waals surface area (Å²) in [5.74, 6) is 1.92. The number of ether oxygens (including phenoxy) is 1. The molecule has 0 spiro atoms. The van der Waals surface area contributed by atoms with Crippen LogP contribution in [0.2, 0.25) is 0 Å². The van der Waals surface area contributed by atoms with Gasteiger partial charge >= 0.3 is 0 Å².